The molecule has 4 saturated carbocycles. The first kappa shape index (κ1) is 11.3. The molecule has 98 valence electrons. The molecule has 3 nitrogen and oxygen atoms in total. The summed E-state index contributed by atoms with van der Waals surface area (Å²) in [4.78, 5) is 14.8. The molecule has 0 atom stereocenters. The van der Waals surface area contributed by atoms with Gasteiger partial charge in [0, 0.05) is 11.6 Å². The lowest BCUT2D eigenvalue weighted by Crippen LogP contribution is -2.44. The molecule has 0 spiro atoms. The van der Waals surface area contributed by atoms with Crippen LogP contribution in [0.3, 0.4) is 0 Å². The van der Waals surface area contributed by atoms with Crippen LogP contribution in [0, 0.1) is 35.0 Å². The van der Waals surface area contributed by atoms with Crippen molar-refractivity contribution >= 4 is 0 Å². The van der Waals surface area contributed by atoms with Crippen LogP contribution in [0.4, 0.5) is 0 Å². The van der Waals surface area contributed by atoms with Crippen molar-refractivity contribution in [3.8, 4) is 6.07 Å². The summed E-state index contributed by atoms with van der Waals surface area (Å²) in [6, 6.07) is 5.62. The molecule has 1 N–H and O–H groups in total. The summed E-state index contributed by atoms with van der Waals surface area (Å²) in [5, 5.41) is 8.85. The van der Waals surface area contributed by atoms with E-state index in [9.17, 15) is 4.79 Å². The SMILES string of the molecule is N#Cc1ccc(C2C3CC4CC(C3)CC2C4)[nH]c1=O. The molecule has 5 rings (SSSR count). The lowest BCUT2D eigenvalue weighted by atomic mass is 9.51. The Hall–Kier alpha value is -1.56. The Morgan fingerprint density at radius 3 is 2.21 bits per heavy atom. The molecule has 4 fully saturated rings. The normalized spacial score (nSPS) is 39.2. The maximum Gasteiger partial charge on any atom is 0.266 e. The minimum Gasteiger partial charge on any atom is -0.325 e. The second-order valence-corrected chi connectivity index (χ2v) is 6.72. The van der Waals surface area contributed by atoms with Gasteiger partial charge in [-0.1, -0.05) is 0 Å². The number of pyridine rings is 1. The van der Waals surface area contributed by atoms with E-state index in [-0.39, 0.29) is 11.1 Å². The average Bonchev–Trinajstić information content (AvgIpc) is 2.37. The van der Waals surface area contributed by atoms with Crippen molar-refractivity contribution in [1.29, 1.82) is 5.26 Å². The molecule has 1 heterocycles. The highest BCUT2D eigenvalue weighted by molar-refractivity contribution is 5.28. The largest absolute Gasteiger partial charge is 0.325 e. The van der Waals surface area contributed by atoms with Crippen LogP contribution in [-0.2, 0) is 0 Å². The van der Waals surface area contributed by atoms with E-state index in [4.69, 9.17) is 5.26 Å². The van der Waals surface area contributed by atoms with Gasteiger partial charge in [0.15, 0.2) is 0 Å². The average molecular weight is 254 g/mol. The molecule has 4 aliphatic rings. The summed E-state index contributed by atoms with van der Waals surface area (Å²) in [7, 11) is 0. The fourth-order valence-electron chi connectivity index (χ4n) is 5.20. The van der Waals surface area contributed by atoms with Gasteiger partial charge >= 0.3 is 0 Å². The number of rotatable bonds is 1. The smallest absolute Gasteiger partial charge is 0.266 e. The molecule has 0 unspecified atom stereocenters. The number of aromatic nitrogens is 1. The van der Waals surface area contributed by atoms with E-state index in [1.54, 1.807) is 6.07 Å². The van der Waals surface area contributed by atoms with Crippen molar-refractivity contribution in [3.63, 3.8) is 0 Å². The Morgan fingerprint density at radius 2 is 1.68 bits per heavy atom. The van der Waals surface area contributed by atoms with Gasteiger partial charge in [0.25, 0.3) is 5.56 Å². The number of hydrogen-bond donors (Lipinski definition) is 1. The van der Waals surface area contributed by atoms with E-state index in [0.717, 1.165) is 29.4 Å². The molecule has 4 bridgehead atoms. The number of nitrogens with zero attached hydrogens (tertiary/aromatic N) is 1. The highest BCUT2D eigenvalue weighted by Gasteiger charge is 2.48. The van der Waals surface area contributed by atoms with Crippen molar-refractivity contribution in [2.75, 3.05) is 0 Å². The van der Waals surface area contributed by atoms with E-state index < -0.39 is 0 Å². The van der Waals surface area contributed by atoms with E-state index in [1.165, 1.54) is 32.1 Å². The number of nitrogens with one attached hydrogen (secondary N) is 1. The van der Waals surface area contributed by atoms with Crippen molar-refractivity contribution in [2.45, 2.75) is 38.0 Å². The first-order valence-corrected chi connectivity index (χ1v) is 7.38. The fraction of sp³-hybridized carbons (Fsp3) is 0.625. The van der Waals surface area contributed by atoms with Gasteiger partial charge in [0.05, 0.1) is 0 Å². The van der Waals surface area contributed by atoms with Crippen molar-refractivity contribution in [1.82, 2.24) is 4.98 Å². The van der Waals surface area contributed by atoms with E-state index in [1.807, 2.05) is 12.1 Å². The first-order chi connectivity index (χ1) is 9.24. The third-order valence-electron chi connectivity index (χ3n) is 5.64. The molecule has 3 heteroatoms. The zero-order valence-corrected chi connectivity index (χ0v) is 10.9. The number of nitriles is 1. The molecule has 19 heavy (non-hydrogen) atoms. The van der Waals surface area contributed by atoms with Gasteiger partial charge in [-0.25, -0.2) is 0 Å². The van der Waals surface area contributed by atoms with Gasteiger partial charge in [0.2, 0.25) is 0 Å². The minimum absolute atomic E-state index is 0.214. The molecule has 1 aromatic heterocycles. The Kier molecular flexibility index (Phi) is 2.35. The number of H-pyrrole nitrogens is 1. The van der Waals surface area contributed by atoms with Crippen molar-refractivity contribution < 1.29 is 0 Å². The monoisotopic (exact) mass is 254 g/mol. The van der Waals surface area contributed by atoms with Gasteiger partial charge in [0.1, 0.15) is 11.6 Å². The zero-order valence-electron chi connectivity index (χ0n) is 10.9. The molecule has 4 aliphatic carbocycles. The predicted octanol–water partition coefficient (Wildman–Crippen LogP) is 2.79. The molecule has 0 amide bonds. The minimum atomic E-state index is -0.214. The highest BCUT2D eigenvalue weighted by Crippen LogP contribution is 2.59. The molecule has 0 radical (unpaired) electrons. The summed E-state index contributed by atoms with van der Waals surface area (Å²) in [5.74, 6) is 3.96. The van der Waals surface area contributed by atoms with Crippen LogP contribution in [-0.4, -0.2) is 4.98 Å². The second-order valence-electron chi connectivity index (χ2n) is 6.72. The van der Waals surface area contributed by atoms with Gasteiger partial charge in [-0.05, 0) is 67.9 Å². The van der Waals surface area contributed by atoms with Gasteiger partial charge < -0.3 is 4.98 Å². The summed E-state index contributed by atoms with van der Waals surface area (Å²) in [5.41, 5.74) is 1.10. The molecular formula is C16H18N2O. The Bertz CT molecular complexity index is 582. The van der Waals surface area contributed by atoms with Gasteiger partial charge in [-0.3, -0.25) is 4.79 Å². The fourth-order valence-corrected chi connectivity index (χ4v) is 5.20. The first-order valence-electron chi connectivity index (χ1n) is 7.38. The van der Waals surface area contributed by atoms with E-state index in [0.29, 0.717) is 5.92 Å². The highest BCUT2D eigenvalue weighted by atomic mass is 16.1. The van der Waals surface area contributed by atoms with Crippen LogP contribution in [0.5, 0.6) is 0 Å². The molecule has 0 aliphatic heterocycles. The third kappa shape index (κ3) is 1.66. The Balaban J connectivity index is 1.71. The summed E-state index contributed by atoms with van der Waals surface area (Å²) >= 11 is 0. The van der Waals surface area contributed by atoms with Crippen LogP contribution in [0.25, 0.3) is 0 Å². The molecule has 1 aromatic rings. The quantitative estimate of drug-likeness (QED) is 0.837. The van der Waals surface area contributed by atoms with E-state index in [2.05, 4.69) is 4.98 Å². The lowest BCUT2D eigenvalue weighted by molar-refractivity contribution is -0.00421. The van der Waals surface area contributed by atoms with E-state index >= 15 is 0 Å². The van der Waals surface area contributed by atoms with Crippen LogP contribution < -0.4 is 5.56 Å². The number of hydrogen-bond acceptors (Lipinski definition) is 2. The second kappa shape index (κ2) is 3.96. The summed E-state index contributed by atoms with van der Waals surface area (Å²) in [6.07, 6.45) is 6.84. The lowest BCUT2D eigenvalue weighted by Gasteiger charge is -2.54. The topological polar surface area (TPSA) is 56.6 Å². The van der Waals surface area contributed by atoms with Crippen molar-refractivity contribution in [2.24, 2.45) is 23.7 Å². The standard InChI is InChI=1S/C16H18N2O/c17-8-11-1-2-14(18-16(11)19)15-12-4-9-3-10(6-12)7-13(15)5-9/h1-2,9-10,12-13,15H,3-7H2,(H,18,19). The van der Waals surface area contributed by atoms with Crippen LogP contribution >= 0.6 is 0 Å². The zero-order chi connectivity index (χ0) is 13.0. The summed E-state index contributed by atoms with van der Waals surface area (Å²) in [6.45, 7) is 0. The third-order valence-corrected chi connectivity index (χ3v) is 5.64. The van der Waals surface area contributed by atoms with Crippen LogP contribution in [0.1, 0.15) is 49.3 Å². The van der Waals surface area contributed by atoms with Crippen LogP contribution in [0.2, 0.25) is 0 Å². The Labute approximate surface area is 112 Å². The van der Waals surface area contributed by atoms with Gasteiger partial charge in [-0.15, -0.1) is 0 Å². The maximum atomic E-state index is 11.8. The predicted molar refractivity (Wildman–Crippen MR) is 71.6 cm³/mol. The molecule has 0 aromatic carbocycles. The van der Waals surface area contributed by atoms with Crippen LogP contribution in [0.15, 0.2) is 16.9 Å². The maximum absolute atomic E-state index is 11.8. The molecule has 0 saturated heterocycles. The Morgan fingerprint density at radius 1 is 1.05 bits per heavy atom. The number of aromatic amines is 1. The summed E-state index contributed by atoms with van der Waals surface area (Å²) < 4.78 is 0. The van der Waals surface area contributed by atoms with Gasteiger partial charge in [-0.2, -0.15) is 5.26 Å². The molecular weight excluding hydrogens is 236 g/mol. The van der Waals surface area contributed by atoms with Crippen molar-refractivity contribution in [3.05, 3.63) is 33.7 Å².